The molecule has 1 atom stereocenters. The molecule has 0 aliphatic rings. The van der Waals surface area contributed by atoms with Crippen molar-refractivity contribution in [1.82, 2.24) is 0 Å². The molecule has 0 spiro atoms. The molecule has 2 N–H and O–H groups in total. The van der Waals surface area contributed by atoms with Crippen LogP contribution in [0.15, 0.2) is 0 Å². The first-order valence-corrected chi connectivity index (χ1v) is 5.92. The molecular formula is C5H10ClNOSeZn. The normalized spacial score (nSPS) is 11.9. The second-order valence-electron chi connectivity index (χ2n) is 1.69. The number of carbonyl (C=O) groups excluding carboxylic acids is 1. The fraction of sp³-hybridized carbons (Fsp3) is 0.800. The number of carbonyl (C=O) groups is 1. The van der Waals surface area contributed by atoms with Crippen LogP contribution in [0.3, 0.4) is 0 Å². The maximum absolute atomic E-state index is 10.3. The molecule has 0 saturated heterocycles. The molecule has 0 bridgehead atoms. The molecule has 0 aromatic carbocycles. The minimum atomic E-state index is -0.437. The molecule has 0 aromatic rings. The molecule has 0 rings (SSSR count). The summed E-state index contributed by atoms with van der Waals surface area (Å²) in [7, 11) is 0. The van der Waals surface area contributed by atoms with Crippen molar-refractivity contribution in [2.24, 2.45) is 5.73 Å². The summed E-state index contributed by atoms with van der Waals surface area (Å²) in [5.41, 5.74) is 5.33. The molecule has 2 nitrogen and oxygen atoms in total. The Balaban J connectivity index is 0. The zero-order valence-corrected chi connectivity index (χ0v) is 11.4. The van der Waals surface area contributed by atoms with E-state index in [2.05, 4.69) is 5.82 Å². The summed E-state index contributed by atoms with van der Waals surface area (Å²) in [5, 5.41) is 0.617. The SMILES string of the molecule is C[Se]CC[C@H](N)C(=O)Cl.[Zn]. The summed E-state index contributed by atoms with van der Waals surface area (Å²) < 4.78 is 0. The Morgan fingerprint density at radius 2 is 2.30 bits per heavy atom. The first-order valence-electron chi connectivity index (χ1n) is 2.62. The summed E-state index contributed by atoms with van der Waals surface area (Å²) in [6.07, 6.45) is 0.735. The van der Waals surface area contributed by atoms with E-state index in [4.69, 9.17) is 17.3 Å². The van der Waals surface area contributed by atoms with Gasteiger partial charge in [0.1, 0.15) is 0 Å². The third kappa shape index (κ3) is 7.17. The van der Waals surface area contributed by atoms with E-state index in [0.717, 1.165) is 11.7 Å². The van der Waals surface area contributed by atoms with Crippen molar-refractivity contribution in [3.05, 3.63) is 0 Å². The predicted octanol–water partition coefficient (Wildman–Crippen LogP) is 0.637. The van der Waals surface area contributed by atoms with Gasteiger partial charge in [-0.25, -0.2) is 0 Å². The summed E-state index contributed by atoms with van der Waals surface area (Å²) in [4.78, 5) is 10.3. The zero-order valence-electron chi connectivity index (χ0n) is 5.97. The molecule has 0 radical (unpaired) electrons. The third-order valence-electron chi connectivity index (χ3n) is 0.924. The summed E-state index contributed by atoms with van der Waals surface area (Å²) >= 11 is 5.71. The second-order valence-corrected chi connectivity index (χ2v) is 4.13. The molecule has 0 aliphatic carbocycles. The fourth-order valence-corrected chi connectivity index (χ4v) is 1.49. The van der Waals surface area contributed by atoms with Crippen LogP contribution in [-0.4, -0.2) is 26.2 Å². The molecule has 5 heteroatoms. The second kappa shape index (κ2) is 8.16. The minimum Gasteiger partial charge on any atom is 0 e. The van der Waals surface area contributed by atoms with Crippen molar-refractivity contribution in [3.8, 4) is 0 Å². The number of halogens is 1. The van der Waals surface area contributed by atoms with E-state index in [0.29, 0.717) is 15.0 Å². The Labute approximate surface area is 85.2 Å². The Bertz CT molecular complexity index is 104. The van der Waals surface area contributed by atoms with Crippen LogP contribution in [0, 0.1) is 0 Å². The van der Waals surface area contributed by atoms with Gasteiger partial charge in [-0.05, 0) is 0 Å². The first-order chi connectivity index (χ1) is 4.18. The van der Waals surface area contributed by atoms with Gasteiger partial charge in [0.15, 0.2) is 0 Å². The van der Waals surface area contributed by atoms with Crippen LogP contribution in [0.5, 0.6) is 0 Å². The molecule has 0 amide bonds. The molecule has 0 heterocycles. The third-order valence-corrected chi connectivity index (χ3v) is 2.56. The van der Waals surface area contributed by atoms with E-state index in [-0.39, 0.29) is 19.5 Å². The van der Waals surface area contributed by atoms with Crippen molar-refractivity contribution in [2.45, 2.75) is 23.6 Å². The van der Waals surface area contributed by atoms with Gasteiger partial charge in [-0.3, -0.25) is 0 Å². The van der Waals surface area contributed by atoms with E-state index < -0.39 is 11.3 Å². The Morgan fingerprint density at radius 3 is 2.60 bits per heavy atom. The summed E-state index contributed by atoms with van der Waals surface area (Å²) in [6.45, 7) is 0. The average molecular weight is 280 g/mol. The summed E-state index contributed by atoms with van der Waals surface area (Å²) in [5.74, 6) is 2.11. The maximum Gasteiger partial charge on any atom is 0 e. The van der Waals surface area contributed by atoms with Gasteiger partial charge in [-0.15, -0.1) is 0 Å². The van der Waals surface area contributed by atoms with Crippen molar-refractivity contribution in [2.75, 3.05) is 0 Å². The largest absolute Gasteiger partial charge is 0 e. The molecule has 0 saturated carbocycles. The van der Waals surface area contributed by atoms with Crippen LogP contribution in [-0.2, 0) is 24.3 Å². The van der Waals surface area contributed by atoms with Crippen molar-refractivity contribution in [3.63, 3.8) is 0 Å². The minimum absolute atomic E-state index is 0. The average Bonchev–Trinajstić information content (AvgIpc) is 1.82. The predicted molar refractivity (Wildman–Crippen MR) is 39.9 cm³/mol. The molecule has 10 heavy (non-hydrogen) atoms. The number of hydrogen-bond acceptors (Lipinski definition) is 2. The zero-order chi connectivity index (χ0) is 7.28. The van der Waals surface area contributed by atoms with Crippen LogP contribution >= 0.6 is 11.6 Å². The number of nitrogens with two attached hydrogens (primary N) is 1. The molecule has 0 unspecified atom stereocenters. The summed E-state index contributed by atoms with van der Waals surface area (Å²) in [6, 6.07) is -0.437. The van der Waals surface area contributed by atoms with Crippen LogP contribution < -0.4 is 5.73 Å². The van der Waals surface area contributed by atoms with Gasteiger partial charge in [0.25, 0.3) is 0 Å². The van der Waals surface area contributed by atoms with Gasteiger partial charge < -0.3 is 0 Å². The fourth-order valence-electron chi connectivity index (χ4n) is 0.358. The van der Waals surface area contributed by atoms with E-state index >= 15 is 0 Å². The van der Waals surface area contributed by atoms with Gasteiger partial charge in [-0.1, -0.05) is 0 Å². The standard InChI is InChI=1S/C5H10ClNOSe.Zn/c1-9-3-2-4(7)5(6)8;/h4H,2-3,7H2,1H3;/t4-;/m0./s1. The monoisotopic (exact) mass is 279 g/mol. The van der Waals surface area contributed by atoms with Gasteiger partial charge in [0, 0.05) is 19.5 Å². The Hall–Kier alpha value is 1.06. The van der Waals surface area contributed by atoms with Crippen molar-refractivity contribution in [1.29, 1.82) is 0 Å². The topological polar surface area (TPSA) is 43.1 Å². The van der Waals surface area contributed by atoms with E-state index in [1.54, 1.807) is 0 Å². The first kappa shape index (κ1) is 13.6. The molecule has 56 valence electrons. The van der Waals surface area contributed by atoms with Crippen LogP contribution in [0.25, 0.3) is 0 Å². The Kier molecular flexibility index (Phi) is 11.1. The van der Waals surface area contributed by atoms with Crippen molar-refractivity contribution < 1.29 is 24.3 Å². The number of rotatable bonds is 4. The van der Waals surface area contributed by atoms with Gasteiger partial charge in [-0.2, -0.15) is 0 Å². The van der Waals surface area contributed by atoms with Gasteiger partial charge in [0.05, 0.1) is 0 Å². The molecule has 0 aromatic heterocycles. The van der Waals surface area contributed by atoms with E-state index in [9.17, 15) is 4.79 Å². The maximum atomic E-state index is 10.3. The number of hydrogen-bond donors (Lipinski definition) is 1. The van der Waals surface area contributed by atoms with E-state index in [1.165, 1.54) is 0 Å². The van der Waals surface area contributed by atoms with Gasteiger partial charge >= 0.3 is 65.9 Å². The smallest absolute Gasteiger partial charge is 0 e. The quantitative estimate of drug-likeness (QED) is 0.606. The van der Waals surface area contributed by atoms with Gasteiger partial charge in [0.2, 0.25) is 0 Å². The molecular weight excluding hydrogens is 270 g/mol. The van der Waals surface area contributed by atoms with Crippen LogP contribution in [0.1, 0.15) is 6.42 Å². The Morgan fingerprint density at radius 1 is 1.80 bits per heavy atom. The molecule has 0 aliphatic heterocycles. The van der Waals surface area contributed by atoms with E-state index in [1.807, 2.05) is 0 Å². The van der Waals surface area contributed by atoms with Crippen LogP contribution in [0.4, 0.5) is 0 Å². The molecule has 0 fully saturated rings. The van der Waals surface area contributed by atoms with Crippen LogP contribution in [0.2, 0.25) is 11.1 Å². The van der Waals surface area contributed by atoms with Crippen molar-refractivity contribution >= 4 is 31.8 Å².